The van der Waals surface area contributed by atoms with Gasteiger partial charge in [0, 0.05) is 20.3 Å². The van der Waals surface area contributed by atoms with E-state index in [9.17, 15) is 5.11 Å². The third-order valence-electron chi connectivity index (χ3n) is 2.27. The van der Waals surface area contributed by atoms with Crippen molar-refractivity contribution in [3.63, 3.8) is 0 Å². The summed E-state index contributed by atoms with van der Waals surface area (Å²) in [7, 11) is 1.65. The lowest BCUT2D eigenvalue weighted by Gasteiger charge is -2.11. The number of ether oxygens (including phenoxy) is 2. The van der Waals surface area contributed by atoms with Crippen molar-refractivity contribution < 1.29 is 14.6 Å². The van der Waals surface area contributed by atoms with E-state index < -0.39 is 5.60 Å². The molecule has 0 saturated carbocycles. The molecule has 1 N–H and O–H groups in total. The lowest BCUT2D eigenvalue weighted by atomic mass is 10.1. The van der Waals surface area contributed by atoms with E-state index in [0.717, 1.165) is 13.0 Å². The van der Waals surface area contributed by atoms with Gasteiger partial charge in [0.1, 0.15) is 11.3 Å². The Hall–Kier alpha value is -0.980. The molecular weight excluding hydrogens is 222 g/mol. The van der Waals surface area contributed by atoms with Crippen LogP contribution in [0.4, 0.5) is 0 Å². The first-order chi connectivity index (χ1) is 8.04. The number of aliphatic hydroxyl groups is 1. The molecule has 0 aliphatic carbocycles. The van der Waals surface area contributed by atoms with Gasteiger partial charge in [-0.3, -0.25) is 4.68 Å². The highest BCUT2D eigenvalue weighted by atomic mass is 16.5. The monoisotopic (exact) mass is 243 g/mol. The van der Waals surface area contributed by atoms with Gasteiger partial charge in [0.2, 0.25) is 0 Å². The molecule has 1 aromatic rings. The first-order valence-electron chi connectivity index (χ1n) is 5.73. The van der Waals surface area contributed by atoms with E-state index in [1.165, 1.54) is 0 Å². The second kappa shape index (κ2) is 6.68. The summed E-state index contributed by atoms with van der Waals surface area (Å²) < 4.78 is 11.9. The Kier molecular flexibility index (Phi) is 5.54. The highest BCUT2D eigenvalue weighted by molar-refractivity contribution is 5.02. The standard InChI is InChI=1S/C11H21N3O3/c1-11(2,15)10-9-14(13-12-10)5-4-6-17-8-7-16-3/h9,15H,4-8H2,1-3H3. The Bertz CT molecular complexity index is 320. The molecule has 1 rings (SSSR count). The number of aryl methyl sites for hydroxylation is 1. The molecule has 0 fully saturated rings. The molecular formula is C11H21N3O3. The van der Waals surface area contributed by atoms with E-state index >= 15 is 0 Å². The molecule has 17 heavy (non-hydrogen) atoms. The summed E-state index contributed by atoms with van der Waals surface area (Å²) in [4.78, 5) is 0. The van der Waals surface area contributed by atoms with Crippen LogP contribution in [0, 0.1) is 0 Å². The highest BCUT2D eigenvalue weighted by Crippen LogP contribution is 2.15. The van der Waals surface area contributed by atoms with Crippen molar-refractivity contribution in [1.82, 2.24) is 15.0 Å². The Morgan fingerprint density at radius 2 is 2.12 bits per heavy atom. The van der Waals surface area contributed by atoms with E-state index in [2.05, 4.69) is 10.3 Å². The van der Waals surface area contributed by atoms with Crippen LogP contribution in [0.15, 0.2) is 6.20 Å². The summed E-state index contributed by atoms with van der Waals surface area (Å²) in [6.07, 6.45) is 2.62. The van der Waals surface area contributed by atoms with Crippen molar-refractivity contribution in [2.45, 2.75) is 32.4 Å². The van der Waals surface area contributed by atoms with Crippen molar-refractivity contribution in [2.75, 3.05) is 26.9 Å². The maximum absolute atomic E-state index is 9.72. The zero-order valence-electron chi connectivity index (χ0n) is 10.7. The minimum absolute atomic E-state index is 0.581. The Morgan fingerprint density at radius 1 is 1.35 bits per heavy atom. The Morgan fingerprint density at radius 3 is 2.71 bits per heavy atom. The van der Waals surface area contributed by atoms with Crippen LogP contribution in [0.25, 0.3) is 0 Å². The second-order valence-electron chi connectivity index (χ2n) is 4.38. The van der Waals surface area contributed by atoms with Gasteiger partial charge in [0.25, 0.3) is 0 Å². The lowest BCUT2D eigenvalue weighted by Crippen LogP contribution is -2.15. The van der Waals surface area contributed by atoms with Crippen LogP contribution >= 0.6 is 0 Å². The molecule has 0 amide bonds. The summed E-state index contributed by atoms with van der Waals surface area (Å²) in [5.74, 6) is 0. The van der Waals surface area contributed by atoms with Crippen molar-refractivity contribution >= 4 is 0 Å². The molecule has 0 aliphatic heterocycles. The highest BCUT2D eigenvalue weighted by Gasteiger charge is 2.19. The molecule has 98 valence electrons. The molecule has 0 radical (unpaired) electrons. The van der Waals surface area contributed by atoms with Gasteiger partial charge in [-0.1, -0.05) is 5.21 Å². The number of aromatic nitrogens is 3. The van der Waals surface area contributed by atoms with E-state index in [1.54, 1.807) is 31.8 Å². The number of nitrogens with zero attached hydrogens (tertiary/aromatic N) is 3. The third kappa shape index (κ3) is 5.25. The number of methoxy groups -OCH3 is 1. The SMILES string of the molecule is COCCOCCCn1cc(C(C)(C)O)nn1. The summed E-state index contributed by atoms with van der Waals surface area (Å²) >= 11 is 0. The first kappa shape index (κ1) is 14.1. The van der Waals surface area contributed by atoms with Crippen LogP contribution in [0.3, 0.4) is 0 Å². The molecule has 0 aromatic carbocycles. The fourth-order valence-electron chi connectivity index (χ4n) is 1.26. The number of hydrogen-bond acceptors (Lipinski definition) is 5. The molecule has 0 bridgehead atoms. The van der Waals surface area contributed by atoms with Gasteiger partial charge < -0.3 is 14.6 Å². The van der Waals surface area contributed by atoms with E-state index in [4.69, 9.17) is 9.47 Å². The van der Waals surface area contributed by atoms with Crippen LogP contribution < -0.4 is 0 Å². The molecule has 0 saturated heterocycles. The first-order valence-corrected chi connectivity index (χ1v) is 5.73. The molecule has 6 nitrogen and oxygen atoms in total. The van der Waals surface area contributed by atoms with Crippen molar-refractivity contribution in [1.29, 1.82) is 0 Å². The smallest absolute Gasteiger partial charge is 0.114 e. The summed E-state index contributed by atoms with van der Waals surface area (Å²) in [5, 5.41) is 17.6. The van der Waals surface area contributed by atoms with Crippen LogP contribution in [0.2, 0.25) is 0 Å². The van der Waals surface area contributed by atoms with Crippen LogP contribution in [-0.4, -0.2) is 47.0 Å². The second-order valence-corrected chi connectivity index (χ2v) is 4.38. The minimum atomic E-state index is -0.937. The van der Waals surface area contributed by atoms with Crippen LogP contribution in [0.1, 0.15) is 26.0 Å². The largest absolute Gasteiger partial charge is 0.384 e. The van der Waals surface area contributed by atoms with Gasteiger partial charge in [-0.25, -0.2) is 0 Å². The predicted octanol–water partition coefficient (Wildman–Crippen LogP) is 0.559. The molecule has 0 spiro atoms. The van der Waals surface area contributed by atoms with Gasteiger partial charge in [-0.15, -0.1) is 5.10 Å². The fourth-order valence-corrected chi connectivity index (χ4v) is 1.26. The maximum atomic E-state index is 9.72. The summed E-state index contributed by atoms with van der Waals surface area (Å²) in [6, 6.07) is 0. The van der Waals surface area contributed by atoms with Gasteiger partial charge >= 0.3 is 0 Å². The number of rotatable bonds is 8. The molecule has 0 atom stereocenters. The maximum Gasteiger partial charge on any atom is 0.114 e. The third-order valence-corrected chi connectivity index (χ3v) is 2.27. The predicted molar refractivity (Wildman–Crippen MR) is 62.6 cm³/mol. The number of hydrogen-bond donors (Lipinski definition) is 1. The van der Waals surface area contributed by atoms with Gasteiger partial charge in [0.05, 0.1) is 19.4 Å². The zero-order chi connectivity index (χ0) is 12.7. The molecule has 1 heterocycles. The van der Waals surface area contributed by atoms with Gasteiger partial charge in [-0.05, 0) is 20.3 Å². The van der Waals surface area contributed by atoms with Crippen LogP contribution in [-0.2, 0) is 21.6 Å². The van der Waals surface area contributed by atoms with Gasteiger partial charge in [0.15, 0.2) is 0 Å². The zero-order valence-corrected chi connectivity index (χ0v) is 10.7. The Labute approximate surface area is 102 Å². The van der Waals surface area contributed by atoms with E-state index in [-0.39, 0.29) is 0 Å². The lowest BCUT2D eigenvalue weighted by molar-refractivity contribution is 0.0676. The van der Waals surface area contributed by atoms with E-state index in [1.807, 2.05) is 0 Å². The normalized spacial score (nSPS) is 12.0. The molecule has 1 aromatic heterocycles. The fraction of sp³-hybridized carbons (Fsp3) is 0.818. The Balaban J connectivity index is 2.21. The minimum Gasteiger partial charge on any atom is -0.384 e. The summed E-state index contributed by atoms with van der Waals surface area (Å²) in [6.45, 7) is 6.01. The molecule has 6 heteroatoms. The van der Waals surface area contributed by atoms with Crippen molar-refractivity contribution in [3.05, 3.63) is 11.9 Å². The van der Waals surface area contributed by atoms with Crippen molar-refractivity contribution in [2.24, 2.45) is 0 Å². The van der Waals surface area contributed by atoms with Crippen LogP contribution in [0.5, 0.6) is 0 Å². The average Bonchev–Trinajstić information content (AvgIpc) is 2.71. The average molecular weight is 243 g/mol. The quantitative estimate of drug-likeness (QED) is 0.676. The molecule has 0 unspecified atom stereocenters. The summed E-state index contributed by atoms with van der Waals surface area (Å²) in [5.41, 5.74) is -0.356. The van der Waals surface area contributed by atoms with E-state index in [0.29, 0.717) is 25.5 Å². The van der Waals surface area contributed by atoms with Gasteiger partial charge in [-0.2, -0.15) is 0 Å². The molecule has 0 aliphatic rings. The topological polar surface area (TPSA) is 69.4 Å². The van der Waals surface area contributed by atoms with Crippen molar-refractivity contribution in [3.8, 4) is 0 Å².